The molecule has 0 radical (unpaired) electrons. The monoisotopic (exact) mass is 259 g/mol. The normalized spacial score (nSPS) is 33.6. The van der Waals surface area contributed by atoms with Crippen LogP contribution in [0.1, 0.15) is 32.6 Å². The second-order valence-electron chi connectivity index (χ2n) is 5.76. The van der Waals surface area contributed by atoms with Crippen LogP contribution in [0.25, 0.3) is 0 Å². The van der Waals surface area contributed by atoms with Crippen molar-refractivity contribution in [3.63, 3.8) is 0 Å². The summed E-state index contributed by atoms with van der Waals surface area (Å²) in [6.45, 7) is 2.01. The molecule has 4 nitrogen and oxygen atoms in total. The molecule has 0 saturated heterocycles. The zero-order valence-corrected chi connectivity index (χ0v) is 11.3. The van der Waals surface area contributed by atoms with E-state index in [4.69, 9.17) is 0 Å². The van der Waals surface area contributed by atoms with Gasteiger partial charge in [0.2, 0.25) is 5.91 Å². The van der Waals surface area contributed by atoms with Crippen molar-refractivity contribution in [1.29, 1.82) is 0 Å². The van der Waals surface area contributed by atoms with Crippen molar-refractivity contribution in [2.45, 2.75) is 38.6 Å². The standard InChI is InChI=1S/C12H21NO3S/c1-8(13-12(14)7-17(2,15)16)11-6-9-3-4-10(11)5-9/h8-11H,3-7H2,1-2H3,(H,13,14)/t8-,9+,10+,11+/m1/s1. The minimum absolute atomic E-state index is 0.111. The Hall–Kier alpha value is -0.580. The van der Waals surface area contributed by atoms with Crippen molar-refractivity contribution < 1.29 is 13.2 Å². The van der Waals surface area contributed by atoms with Gasteiger partial charge in [-0.1, -0.05) is 6.42 Å². The van der Waals surface area contributed by atoms with E-state index in [9.17, 15) is 13.2 Å². The molecule has 4 atom stereocenters. The molecule has 2 aliphatic rings. The number of fused-ring (bicyclic) bond motifs is 2. The van der Waals surface area contributed by atoms with E-state index in [0.29, 0.717) is 5.92 Å². The van der Waals surface area contributed by atoms with Gasteiger partial charge in [-0.05, 0) is 43.9 Å². The summed E-state index contributed by atoms with van der Waals surface area (Å²) in [5, 5.41) is 2.85. The van der Waals surface area contributed by atoms with Crippen molar-refractivity contribution in [1.82, 2.24) is 5.32 Å². The molecule has 0 aromatic heterocycles. The molecule has 0 aliphatic heterocycles. The lowest BCUT2D eigenvalue weighted by Gasteiger charge is -2.28. The SMILES string of the molecule is C[C@@H](NC(=O)CS(C)(=O)=O)[C@@H]1C[C@H]2CC[C@H]1C2. The average molecular weight is 259 g/mol. The van der Waals surface area contributed by atoms with Crippen molar-refractivity contribution in [2.75, 3.05) is 12.0 Å². The van der Waals surface area contributed by atoms with Gasteiger partial charge in [0, 0.05) is 12.3 Å². The minimum atomic E-state index is -3.21. The van der Waals surface area contributed by atoms with Gasteiger partial charge >= 0.3 is 0 Å². The predicted octanol–water partition coefficient (Wildman–Crippen LogP) is 0.972. The van der Waals surface area contributed by atoms with Crippen LogP contribution in [0.15, 0.2) is 0 Å². The molecule has 0 unspecified atom stereocenters. The summed E-state index contributed by atoms with van der Waals surface area (Å²) >= 11 is 0. The first kappa shape index (κ1) is 12.9. The summed E-state index contributed by atoms with van der Waals surface area (Å²) in [6, 6.07) is 0.111. The van der Waals surface area contributed by atoms with Crippen LogP contribution in [-0.4, -0.2) is 32.4 Å². The minimum Gasteiger partial charge on any atom is -0.352 e. The molecule has 2 rings (SSSR count). The Balaban J connectivity index is 1.85. The second kappa shape index (κ2) is 4.59. The summed E-state index contributed by atoms with van der Waals surface area (Å²) in [7, 11) is -3.21. The van der Waals surface area contributed by atoms with Crippen molar-refractivity contribution >= 4 is 15.7 Å². The molecule has 2 bridgehead atoms. The van der Waals surface area contributed by atoms with E-state index in [1.165, 1.54) is 25.7 Å². The highest BCUT2D eigenvalue weighted by molar-refractivity contribution is 7.91. The predicted molar refractivity (Wildman–Crippen MR) is 66.3 cm³/mol. The number of carbonyl (C=O) groups is 1. The summed E-state index contributed by atoms with van der Waals surface area (Å²) in [5.74, 6) is 1.39. The number of carbonyl (C=O) groups excluding carboxylic acids is 1. The molecule has 5 heteroatoms. The van der Waals surface area contributed by atoms with Crippen LogP contribution < -0.4 is 5.32 Å². The first-order valence-electron chi connectivity index (χ1n) is 6.32. The fourth-order valence-corrected chi connectivity index (χ4v) is 4.11. The fourth-order valence-electron chi connectivity index (χ4n) is 3.55. The van der Waals surface area contributed by atoms with E-state index < -0.39 is 15.6 Å². The number of sulfone groups is 1. The smallest absolute Gasteiger partial charge is 0.235 e. The molecule has 0 aromatic carbocycles. The highest BCUT2D eigenvalue weighted by atomic mass is 32.2. The lowest BCUT2D eigenvalue weighted by Crippen LogP contribution is -2.42. The van der Waals surface area contributed by atoms with Crippen LogP contribution in [-0.2, 0) is 14.6 Å². The Bertz CT molecular complexity index is 404. The van der Waals surface area contributed by atoms with Crippen molar-refractivity contribution in [2.24, 2.45) is 17.8 Å². The molecular formula is C12H21NO3S. The van der Waals surface area contributed by atoms with Gasteiger partial charge in [-0.25, -0.2) is 8.42 Å². The molecular weight excluding hydrogens is 238 g/mol. The van der Waals surface area contributed by atoms with E-state index in [2.05, 4.69) is 5.32 Å². The Morgan fingerprint density at radius 1 is 1.35 bits per heavy atom. The van der Waals surface area contributed by atoms with Gasteiger partial charge < -0.3 is 5.32 Å². The maximum absolute atomic E-state index is 11.5. The molecule has 2 aliphatic carbocycles. The van der Waals surface area contributed by atoms with Crippen LogP contribution in [0.4, 0.5) is 0 Å². The van der Waals surface area contributed by atoms with Gasteiger partial charge in [-0.3, -0.25) is 4.79 Å². The number of hydrogen-bond acceptors (Lipinski definition) is 3. The van der Waals surface area contributed by atoms with Crippen LogP contribution in [0.3, 0.4) is 0 Å². The van der Waals surface area contributed by atoms with E-state index in [0.717, 1.165) is 18.1 Å². The number of rotatable bonds is 4. The summed E-state index contributed by atoms with van der Waals surface area (Å²) in [6.07, 6.45) is 6.21. The Labute approximate surface area is 103 Å². The summed E-state index contributed by atoms with van der Waals surface area (Å²) < 4.78 is 22.0. The topological polar surface area (TPSA) is 63.2 Å². The van der Waals surface area contributed by atoms with Crippen LogP contribution in [0, 0.1) is 17.8 Å². The van der Waals surface area contributed by atoms with Gasteiger partial charge in [0.1, 0.15) is 5.75 Å². The number of amides is 1. The highest BCUT2D eigenvalue weighted by Crippen LogP contribution is 2.49. The van der Waals surface area contributed by atoms with E-state index >= 15 is 0 Å². The molecule has 2 saturated carbocycles. The maximum atomic E-state index is 11.5. The molecule has 0 spiro atoms. The molecule has 98 valence electrons. The Kier molecular flexibility index (Phi) is 3.48. The quantitative estimate of drug-likeness (QED) is 0.818. The summed E-state index contributed by atoms with van der Waals surface area (Å²) in [5.41, 5.74) is 0. The molecule has 1 N–H and O–H groups in total. The van der Waals surface area contributed by atoms with Gasteiger partial charge in [-0.2, -0.15) is 0 Å². The van der Waals surface area contributed by atoms with Crippen molar-refractivity contribution in [3.8, 4) is 0 Å². The fraction of sp³-hybridized carbons (Fsp3) is 0.917. The number of nitrogens with one attached hydrogen (secondary N) is 1. The third-order valence-corrected chi connectivity index (χ3v) is 5.00. The molecule has 0 heterocycles. The van der Waals surface area contributed by atoms with Crippen LogP contribution in [0.2, 0.25) is 0 Å². The Morgan fingerprint density at radius 3 is 2.53 bits per heavy atom. The molecule has 0 aromatic rings. The van der Waals surface area contributed by atoms with Crippen LogP contribution >= 0.6 is 0 Å². The van der Waals surface area contributed by atoms with Gasteiger partial charge in [-0.15, -0.1) is 0 Å². The van der Waals surface area contributed by atoms with E-state index in [-0.39, 0.29) is 11.9 Å². The van der Waals surface area contributed by atoms with Gasteiger partial charge in [0.15, 0.2) is 9.84 Å². The average Bonchev–Trinajstić information content (AvgIpc) is 2.74. The van der Waals surface area contributed by atoms with Crippen LogP contribution in [0.5, 0.6) is 0 Å². The van der Waals surface area contributed by atoms with Gasteiger partial charge in [0.05, 0.1) is 0 Å². The lowest BCUT2D eigenvalue weighted by molar-refractivity contribution is -0.119. The Morgan fingerprint density at radius 2 is 2.06 bits per heavy atom. The van der Waals surface area contributed by atoms with Crippen molar-refractivity contribution in [3.05, 3.63) is 0 Å². The third kappa shape index (κ3) is 3.21. The highest BCUT2D eigenvalue weighted by Gasteiger charge is 2.42. The zero-order valence-electron chi connectivity index (χ0n) is 10.5. The molecule has 1 amide bonds. The number of hydrogen-bond donors (Lipinski definition) is 1. The summed E-state index contributed by atoms with van der Waals surface area (Å²) in [4.78, 5) is 11.5. The first-order valence-corrected chi connectivity index (χ1v) is 8.38. The third-order valence-electron chi connectivity index (χ3n) is 4.22. The first-order chi connectivity index (χ1) is 7.85. The second-order valence-corrected chi connectivity index (χ2v) is 7.91. The zero-order chi connectivity index (χ0) is 12.6. The van der Waals surface area contributed by atoms with Gasteiger partial charge in [0.25, 0.3) is 0 Å². The van der Waals surface area contributed by atoms with E-state index in [1.54, 1.807) is 0 Å². The van der Waals surface area contributed by atoms with E-state index in [1.807, 2.05) is 6.92 Å². The maximum Gasteiger partial charge on any atom is 0.235 e. The largest absolute Gasteiger partial charge is 0.352 e. The molecule has 17 heavy (non-hydrogen) atoms. The molecule has 2 fully saturated rings. The lowest BCUT2D eigenvalue weighted by atomic mass is 9.84.